The highest BCUT2D eigenvalue weighted by molar-refractivity contribution is 9.10. The largest absolute Gasteiger partial charge is 0.477 e. The molecule has 21 heavy (non-hydrogen) atoms. The van der Waals surface area contributed by atoms with Crippen LogP contribution in [-0.2, 0) is 10.0 Å². The van der Waals surface area contributed by atoms with E-state index in [1.165, 1.54) is 25.1 Å². The Balaban J connectivity index is 1.75. The van der Waals surface area contributed by atoms with Crippen molar-refractivity contribution >= 4 is 26.0 Å². The molecule has 0 aromatic carbocycles. The van der Waals surface area contributed by atoms with E-state index in [0.29, 0.717) is 35.7 Å². The van der Waals surface area contributed by atoms with Gasteiger partial charge in [0.2, 0.25) is 15.9 Å². The second kappa shape index (κ2) is 5.23. The zero-order chi connectivity index (χ0) is 15.1. The number of hydrogen-bond acceptors (Lipinski definition) is 5. The van der Waals surface area contributed by atoms with Gasteiger partial charge in [0.25, 0.3) is 0 Å². The van der Waals surface area contributed by atoms with Crippen molar-refractivity contribution < 1.29 is 13.2 Å². The van der Waals surface area contributed by atoms with Crippen molar-refractivity contribution in [2.24, 2.45) is 5.92 Å². The molecule has 0 unspecified atom stereocenters. The third-order valence-electron chi connectivity index (χ3n) is 3.54. The molecule has 1 N–H and O–H groups in total. The lowest BCUT2D eigenvalue weighted by Gasteiger charge is -2.11. The summed E-state index contributed by atoms with van der Waals surface area (Å²) >= 11 is 3.28. The topological polar surface area (TPSA) is 92.1 Å². The molecular weight excluding hydrogens is 358 g/mol. The second-order valence-electron chi connectivity index (χ2n) is 5.51. The highest BCUT2D eigenvalue weighted by atomic mass is 79.9. The lowest BCUT2D eigenvalue weighted by atomic mass is 10.3. The summed E-state index contributed by atoms with van der Waals surface area (Å²) in [4.78, 5) is 4.07. The first-order valence-electron chi connectivity index (χ1n) is 6.68. The minimum absolute atomic E-state index is 0.0228. The summed E-state index contributed by atoms with van der Waals surface area (Å²) in [6.07, 6.45) is 4.68. The van der Waals surface area contributed by atoms with Gasteiger partial charge in [-0.25, -0.2) is 13.4 Å². The number of nitrogens with zero attached hydrogens (tertiary/aromatic N) is 2. The molecular formula is C13H14BrN3O3S. The molecule has 112 valence electrons. The van der Waals surface area contributed by atoms with Crippen LogP contribution in [0.4, 0.5) is 0 Å². The Morgan fingerprint density at radius 2 is 2.24 bits per heavy atom. The van der Waals surface area contributed by atoms with Crippen LogP contribution in [0.3, 0.4) is 0 Å². The molecule has 1 heterocycles. The van der Waals surface area contributed by atoms with Gasteiger partial charge in [-0.05, 0) is 53.6 Å². The van der Waals surface area contributed by atoms with E-state index < -0.39 is 15.6 Å². The molecule has 0 spiro atoms. The number of halogens is 1. The maximum absolute atomic E-state index is 12.2. The second-order valence-corrected chi connectivity index (χ2v) is 8.05. The van der Waals surface area contributed by atoms with Crippen LogP contribution in [0.1, 0.15) is 25.7 Å². The number of hydrogen-bond donors (Lipinski definition) is 1. The quantitative estimate of drug-likeness (QED) is 0.824. The molecule has 0 aliphatic heterocycles. The van der Waals surface area contributed by atoms with Crippen molar-refractivity contribution in [2.45, 2.75) is 36.1 Å². The SMILES string of the molecule is N#CC1(NS(=O)(=O)c2cnc(OCC3CC3)c(Br)c2)CC1. The highest BCUT2D eigenvalue weighted by Gasteiger charge is 2.46. The van der Waals surface area contributed by atoms with Gasteiger partial charge in [0.15, 0.2) is 0 Å². The van der Waals surface area contributed by atoms with Gasteiger partial charge >= 0.3 is 0 Å². The molecule has 6 nitrogen and oxygen atoms in total. The highest BCUT2D eigenvalue weighted by Crippen LogP contribution is 2.36. The van der Waals surface area contributed by atoms with Gasteiger partial charge in [-0.3, -0.25) is 0 Å². The molecule has 0 saturated heterocycles. The van der Waals surface area contributed by atoms with E-state index in [0.717, 1.165) is 0 Å². The fraction of sp³-hybridized carbons (Fsp3) is 0.538. The first-order chi connectivity index (χ1) is 9.94. The van der Waals surface area contributed by atoms with E-state index in [1.807, 2.05) is 6.07 Å². The Labute approximate surface area is 131 Å². The van der Waals surface area contributed by atoms with E-state index in [-0.39, 0.29) is 4.90 Å². The molecule has 3 rings (SSSR count). The predicted molar refractivity (Wildman–Crippen MR) is 78.1 cm³/mol. The summed E-state index contributed by atoms with van der Waals surface area (Å²) in [6, 6.07) is 3.45. The Morgan fingerprint density at radius 1 is 1.52 bits per heavy atom. The van der Waals surface area contributed by atoms with Crippen LogP contribution in [0.25, 0.3) is 0 Å². The fourth-order valence-corrected chi connectivity index (χ4v) is 3.78. The lowest BCUT2D eigenvalue weighted by Crippen LogP contribution is -2.35. The molecule has 1 aromatic rings. The standard InChI is InChI=1S/C13H14BrN3O3S/c14-11-5-10(6-16-12(11)20-7-9-1-2-9)21(18,19)17-13(8-15)3-4-13/h5-6,9,17H,1-4,7H2. The van der Waals surface area contributed by atoms with Gasteiger partial charge in [-0.2, -0.15) is 9.98 Å². The minimum Gasteiger partial charge on any atom is -0.477 e. The number of aromatic nitrogens is 1. The maximum atomic E-state index is 12.2. The first-order valence-corrected chi connectivity index (χ1v) is 8.95. The maximum Gasteiger partial charge on any atom is 0.243 e. The van der Waals surface area contributed by atoms with Gasteiger partial charge in [-0.1, -0.05) is 0 Å². The third-order valence-corrected chi connectivity index (χ3v) is 5.61. The molecule has 1 aromatic heterocycles. The van der Waals surface area contributed by atoms with Crippen LogP contribution >= 0.6 is 15.9 Å². The van der Waals surface area contributed by atoms with Crippen molar-refractivity contribution in [1.29, 1.82) is 5.26 Å². The van der Waals surface area contributed by atoms with Crippen molar-refractivity contribution in [1.82, 2.24) is 9.71 Å². The number of sulfonamides is 1. The number of nitriles is 1. The normalized spacial score (nSPS) is 19.8. The average Bonchev–Trinajstić information content (AvgIpc) is 3.33. The average molecular weight is 372 g/mol. The van der Waals surface area contributed by atoms with E-state index in [1.54, 1.807) is 0 Å². The zero-order valence-electron chi connectivity index (χ0n) is 11.2. The number of ether oxygens (including phenoxy) is 1. The van der Waals surface area contributed by atoms with E-state index >= 15 is 0 Å². The summed E-state index contributed by atoms with van der Waals surface area (Å²) in [5.74, 6) is 0.983. The molecule has 0 amide bonds. The molecule has 0 bridgehead atoms. The van der Waals surface area contributed by atoms with Crippen LogP contribution < -0.4 is 9.46 Å². The van der Waals surface area contributed by atoms with E-state index in [4.69, 9.17) is 10.00 Å². The zero-order valence-corrected chi connectivity index (χ0v) is 13.6. The van der Waals surface area contributed by atoms with Crippen molar-refractivity contribution in [3.63, 3.8) is 0 Å². The van der Waals surface area contributed by atoms with Gasteiger partial charge in [0, 0.05) is 0 Å². The Morgan fingerprint density at radius 3 is 2.76 bits per heavy atom. The van der Waals surface area contributed by atoms with Crippen molar-refractivity contribution in [3.05, 3.63) is 16.7 Å². The molecule has 2 fully saturated rings. The van der Waals surface area contributed by atoms with E-state index in [2.05, 4.69) is 25.6 Å². The number of rotatable bonds is 6. The summed E-state index contributed by atoms with van der Waals surface area (Å²) in [5.41, 5.74) is -0.938. The number of nitrogens with one attached hydrogen (secondary N) is 1. The summed E-state index contributed by atoms with van der Waals surface area (Å²) in [6.45, 7) is 0.605. The van der Waals surface area contributed by atoms with Crippen molar-refractivity contribution in [3.8, 4) is 11.9 Å². The van der Waals surface area contributed by atoms with Crippen LogP contribution in [0.5, 0.6) is 5.88 Å². The number of pyridine rings is 1. The van der Waals surface area contributed by atoms with Crippen molar-refractivity contribution in [2.75, 3.05) is 6.61 Å². The van der Waals surface area contributed by atoms with E-state index in [9.17, 15) is 8.42 Å². The van der Waals surface area contributed by atoms with Gasteiger partial charge in [0.1, 0.15) is 10.4 Å². The van der Waals surface area contributed by atoms with Crippen LogP contribution in [0, 0.1) is 17.2 Å². The van der Waals surface area contributed by atoms with Gasteiger partial charge in [-0.15, -0.1) is 0 Å². The van der Waals surface area contributed by atoms with Gasteiger partial charge in [0.05, 0.1) is 23.3 Å². The summed E-state index contributed by atoms with van der Waals surface area (Å²) in [5, 5.41) is 8.97. The van der Waals surface area contributed by atoms with Crippen LogP contribution in [-0.4, -0.2) is 25.5 Å². The van der Waals surface area contributed by atoms with Crippen LogP contribution in [0.2, 0.25) is 0 Å². The monoisotopic (exact) mass is 371 g/mol. The summed E-state index contributed by atoms with van der Waals surface area (Å²) < 4.78 is 32.9. The smallest absolute Gasteiger partial charge is 0.243 e. The fourth-order valence-electron chi connectivity index (χ4n) is 1.82. The molecule has 0 radical (unpaired) electrons. The Hall–Kier alpha value is -1.17. The summed E-state index contributed by atoms with van der Waals surface area (Å²) in [7, 11) is -3.75. The molecule has 0 atom stereocenters. The Kier molecular flexibility index (Phi) is 3.67. The predicted octanol–water partition coefficient (Wildman–Crippen LogP) is 1.97. The minimum atomic E-state index is -3.75. The molecule has 2 aliphatic carbocycles. The lowest BCUT2D eigenvalue weighted by molar-refractivity contribution is 0.286. The molecule has 8 heteroatoms. The first kappa shape index (κ1) is 14.8. The molecule has 2 aliphatic rings. The third kappa shape index (κ3) is 3.36. The van der Waals surface area contributed by atoms with Gasteiger partial charge < -0.3 is 4.74 Å². The Bertz CT molecular complexity index is 706. The molecule has 2 saturated carbocycles. The van der Waals surface area contributed by atoms with Crippen LogP contribution in [0.15, 0.2) is 21.6 Å².